The Morgan fingerprint density at radius 2 is 2.14 bits per heavy atom. The van der Waals surface area contributed by atoms with Crippen LogP contribution in [0.2, 0.25) is 5.02 Å². The highest BCUT2D eigenvalue weighted by Crippen LogP contribution is 2.25. The largest absolute Gasteiger partial charge is 0.308 e. The van der Waals surface area contributed by atoms with E-state index in [1.165, 1.54) is 0 Å². The first-order valence-corrected chi connectivity index (χ1v) is 7.74. The third kappa shape index (κ3) is 3.80. The zero-order valence-electron chi connectivity index (χ0n) is 12.8. The summed E-state index contributed by atoms with van der Waals surface area (Å²) in [5.41, 5.74) is 2.91. The first kappa shape index (κ1) is 15.9. The quantitative estimate of drug-likeness (QED) is 0.854. The molecule has 0 amide bonds. The van der Waals surface area contributed by atoms with Gasteiger partial charge in [0.1, 0.15) is 0 Å². The van der Waals surface area contributed by atoms with Gasteiger partial charge in [-0.1, -0.05) is 25.4 Å². The second-order valence-electron chi connectivity index (χ2n) is 5.03. The SMILES string of the molecule is CCCNC(Cc1c(Cl)c(CC)nn1C)c1cnccn1. The van der Waals surface area contributed by atoms with Crippen LogP contribution in [-0.4, -0.2) is 26.3 Å². The molecule has 0 aliphatic rings. The molecule has 0 spiro atoms. The Kier molecular flexibility index (Phi) is 5.70. The van der Waals surface area contributed by atoms with E-state index in [0.29, 0.717) is 0 Å². The molecular formula is C15H22ClN5. The predicted molar refractivity (Wildman–Crippen MR) is 84.4 cm³/mol. The third-order valence-electron chi connectivity index (χ3n) is 3.48. The van der Waals surface area contributed by atoms with Gasteiger partial charge in [0.05, 0.1) is 28.1 Å². The van der Waals surface area contributed by atoms with Gasteiger partial charge in [0.15, 0.2) is 0 Å². The van der Waals surface area contributed by atoms with Gasteiger partial charge >= 0.3 is 0 Å². The zero-order valence-corrected chi connectivity index (χ0v) is 13.6. The Morgan fingerprint density at radius 3 is 2.71 bits per heavy atom. The standard InChI is InChI=1S/C15H22ClN5/c1-4-6-18-12(13-10-17-7-8-19-13)9-14-15(16)11(5-2)20-21(14)3/h7-8,10,12,18H,4-6,9H2,1-3H3. The lowest BCUT2D eigenvalue weighted by molar-refractivity contribution is 0.500. The molecule has 1 N–H and O–H groups in total. The molecule has 0 aromatic carbocycles. The number of nitrogens with zero attached hydrogens (tertiary/aromatic N) is 4. The van der Waals surface area contributed by atoms with Crippen molar-refractivity contribution >= 4 is 11.6 Å². The molecular weight excluding hydrogens is 286 g/mol. The molecule has 2 aromatic heterocycles. The topological polar surface area (TPSA) is 55.6 Å². The fraction of sp³-hybridized carbons (Fsp3) is 0.533. The van der Waals surface area contributed by atoms with Crippen molar-refractivity contribution in [3.63, 3.8) is 0 Å². The number of hydrogen-bond acceptors (Lipinski definition) is 4. The van der Waals surface area contributed by atoms with Gasteiger partial charge in [0.2, 0.25) is 0 Å². The molecule has 0 saturated heterocycles. The minimum atomic E-state index is 0.0938. The summed E-state index contributed by atoms with van der Waals surface area (Å²) in [6, 6.07) is 0.0938. The van der Waals surface area contributed by atoms with Crippen molar-refractivity contribution in [3.05, 3.63) is 40.7 Å². The van der Waals surface area contributed by atoms with Crippen molar-refractivity contribution in [1.82, 2.24) is 25.1 Å². The highest BCUT2D eigenvalue weighted by Gasteiger charge is 2.19. The molecule has 0 aliphatic carbocycles. The lowest BCUT2D eigenvalue weighted by atomic mass is 10.1. The second-order valence-corrected chi connectivity index (χ2v) is 5.40. The number of nitrogens with one attached hydrogen (secondary N) is 1. The number of aromatic nitrogens is 4. The van der Waals surface area contributed by atoms with Gasteiger partial charge in [0.25, 0.3) is 0 Å². The van der Waals surface area contributed by atoms with Crippen LogP contribution in [0.15, 0.2) is 18.6 Å². The van der Waals surface area contributed by atoms with Crippen LogP contribution in [0.3, 0.4) is 0 Å². The Hall–Kier alpha value is -1.46. The molecule has 21 heavy (non-hydrogen) atoms. The maximum atomic E-state index is 6.45. The zero-order chi connectivity index (χ0) is 15.2. The Morgan fingerprint density at radius 1 is 1.33 bits per heavy atom. The van der Waals surface area contributed by atoms with Gasteiger partial charge in [-0.25, -0.2) is 0 Å². The molecule has 2 heterocycles. The maximum absolute atomic E-state index is 6.45. The van der Waals surface area contributed by atoms with E-state index in [-0.39, 0.29) is 6.04 Å². The molecule has 0 saturated carbocycles. The van der Waals surface area contributed by atoms with E-state index in [4.69, 9.17) is 11.6 Å². The number of halogens is 1. The molecule has 2 aromatic rings. The summed E-state index contributed by atoms with van der Waals surface area (Å²) in [6.07, 6.45) is 7.87. The van der Waals surface area contributed by atoms with E-state index in [1.807, 2.05) is 11.7 Å². The molecule has 0 radical (unpaired) electrons. The van der Waals surface area contributed by atoms with Gasteiger partial charge in [-0.05, 0) is 19.4 Å². The minimum absolute atomic E-state index is 0.0938. The summed E-state index contributed by atoms with van der Waals surface area (Å²) < 4.78 is 1.87. The third-order valence-corrected chi connectivity index (χ3v) is 3.92. The molecule has 0 fully saturated rings. The van der Waals surface area contributed by atoms with Gasteiger partial charge in [-0.3, -0.25) is 14.6 Å². The number of hydrogen-bond donors (Lipinski definition) is 1. The summed E-state index contributed by atoms with van der Waals surface area (Å²) in [5.74, 6) is 0. The summed E-state index contributed by atoms with van der Waals surface area (Å²) in [4.78, 5) is 8.58. The van der Waals surface area contributed by atoms with E-state index in [9.17, 15) is 0 Å². The normalized spacial score (nSPS) is 12.6. The van der Waals surface area contributed by atoms with Crippen LogP contribution in [-0.2, 0) is 19.9 Å². The Bertz CT molecular complexity index is 567. The van der Waals surface area contributed by atoms with Crippen LogP contribution in [0.25, 0.3) is 0 Å². The lowest BCUT2D eigenvalue weighted by Crippen LogP contribution is -2.26. The number of aryl methyl sites for hydroxylation is 2. The Labute approximate surface area is 130 Å². The average molecular weight is 308 g/mol. The van der Waals surface area contributed by atoms with Crippen LogP contribution in [0.4, 0.5) is 0 Å². The lowest BCUT2D eigenvalue weighted by Gasteiger charge is -2.18. The molecule has 1 atom stereocenters. The molecule has 5 nitrogen and oxygen atoms in total. The first-order valence-electron chi connectivity index (χ1n) is 7.36. The van der Waals surface area contributed by atoms with Crippen LogP contribution >= 0.6 is 11.6 Å². The van der Waals surface area contributed by atoms with E-state index >= 15 is 0 Å². The fourth-order valence-electron chi connectivity index (χ4n) is 2.33. The molecule has 6 heteroatoms. The van der Waals surface area contributed by atoms with Crippen molar-refractivity contribution in [2.45, 2.75) is 39.2 Å². The number of rotatable bonds is 7. The van der Waals surface area contributed by atoms with Crippen LogP contribution in [0, 0.1) is 0 Å². The summed E-state index contributed by atoms with van der Waals surface area (Å²) >= 11 is 6.45. The molecule has 114 valence electrons. The van der Waals surface area contributed by atoms with Crippen molar-refractivity contribution in [1.29, 1.82) is 0 Å². The van der Waals surface area contributed by atoms with Crippen LogP contribution < -0.4 is 5.32 Å². The van der Waals surface area contributed by atoms with E-state index in [0.717, 1.165) is 47.9 Å². The van der Waals surface area contributed by atoms with Gasteiger partial charge < -0.3 is 5.32 Å². The van der Waals surface area contributed by atoms with Gasteiger partial charge in [0, 0.05) is 32.1 Å². The van der Waals surface area contributed by atoms with Crippen molar-refractivity contribution in [2.24, 2.45) is 7.05 Å². The van der Waals surface area contributed by atoms with Gasteiger partial charge in [-0.15, -0.1) is 0 Å². The summed E-state index contributed by atoms with van der Waals surface area (Å²) in [6.45, 7) is 5.14. The van der Waals surface area contributed by atoms with Crippen LogP contribution in [0.1, 0.15) is 43.4 Å². The first-order chi connectivity index (χ1) is 10.2. The minimum Gasteiger partial charge on any atom is -0.308 e. The predicted octanol–water partition coefficient (Wildman–Crippen LogP) is 2.71. The highest BCUT2D eigenvalue weighted by atomic mass is 35.5. The second kappa shape index (κ2) is 7.52. The smallest absolute Gasteiger partial charge is 0.0850 e. The van der Waals surface area contributed by atoms with E-state index in [1.54, 1.807) is 18.6 Å². The monoisotopic (exact) mass is 307 g/mol. The van der Waals surface area contributed by atoms with Crippen molar-refractivity contribution in [2.75, 3.05) is 6.54 Å². The molecule has 0 aliphatic heterocycles. The highest BCUT2D eigenvalue weighted by molar-refractivity contribution is 6.31. The van der Waals surface area contributed by atoms with E-state index < -0.39 is 0 Å². The molecule has 2 rings (SSSR count). The fourth-order valence-corrected chi connectivity index (χ4v) is 2.70. The van der Waals surface area contributed by atoms with Crippen molar-refractivity contribution in [3.8, 4) is 0 Å². The van der Waals surface area contributed by atoms with E-state index in [2.05, 4.69) is 34.2 Å². The Balaban J connectivity index is 2.25. The average Bonchev–Trinajstić information content (AvgIpc) is 2.79. The van der Waals surface area contributed by atoms with Crippen molar-refractivity contribution < 1.29 is 0 Å². The summed E-state index contributed by atoms with van der Waals surface area (Å²) in [7, 11) is 1.94. The summed E-state index contributed by atoms with van der Waals surface area (Å²) in [5, 5.41) is 8.76. The van der Waals surface area contributed by atoms with Crippen LogP contribution in [0.5, 0.6) is 0 Å². The molecule has 1 unspecified atom stereocenters. The van der Waals surface area contributed by atoms with Gasteiger partial charge in [-0.2, -0.15) is 5.10 Å². The molecule has 0 bridgehead atoms. The maximum Gasteiger partial charge on any atom is 0.0850 e.